The number of rotatable bonds is 2. The fourth-order valence-corrected chi connectivity index (χ4v) is 1.52. The second kappa shape index (κ2) is 3.89. The predicted molar refractivity (Wildman–Crippen MR) is 59.5 cm³/mol. The lowest BCUT2D eigenvalue weighted by Gasteiger charge is -1.98. The minimum absolute atomic E-state index is 0.820. The van der Waals surface area contributed by atoms with E-state index in [-0.39, 0.29) is 0 Å². The SMILES string of the molecule is COc1ccc2c(/C=C/C#N)c[nH]c2c1. The summed E-state index contributed by atoms with van der Waals surface area (Å²) < 4.78 is 5.12. The number of aromatic amines is 1. The van der Waals surface area contributed by atoms with Crippen LogP contribution in [-0.4, -0.2) is 12.1 Å². The normalized spacial score (nSPS) is 10.7. The molecule has 3 heteroatoms. The molecule has 0 aliphatic carbocycles. The maximum absolute atomic E-state index is 8.45. The van der Waals surface area contributed by atoms with Crippen LogP contribution in [0.1, 0.15) is 5.56 Å². The van der Waals surface area contributed by atoms with Gasteiger partial charge in [-0.2, -0.15) is 5.26 Å². The number of methoxy groups -OCH3 is 1. The topological polar surface area (TPSA) is 48.8 Å². The van der Waals surface area contributed by atoms with Crippen molar-refractivity contribution in [3.8, 4) is 11.8 Å². The average molecular weight is 198 g/mol. The third-order valence-corrected chi connectivity index (χ3v) is 2.26. The first-order valence-electron chi connectivity index (χ1n) is 4.56. The molecule has 3 nitrogen and oxygen atoms in total. The van der Waals surface area contributed by atoms with E-state index in [1.807, 2.05) is 30.5 Å². The van der Waals surface area contributed by atoms with E-state index in [2.05, 4.69) is 4.98 Å². The number of H-pyrrole nitrogens is 1. The van der Waals surface area contributed by atoms with Crippen molar-refractivity contribution in [2.75, 3.05) is 7.11 Å². The van der Waals surface area contributed by atoms with Gasteiger partial charge in [-0.1, -0.05) is 0 Å². The van der Waals surface area contributed by atoms with Crippen molar-refractivity contribution in [3.05, 3.63) is 36.0 Å². The summed E-state index contributed by atoms with van der Waals surface area (Å²) in [6.45, 7) is 0. The summed E-state index contributed by atoms with van der Waals surface area (Å²) in [4.78, 5) is 3.13. The lowest BCUT2D eigenvalue weighted by molar-refractivity contribution is 0.415. The van der Waals surface area contributed by atoms with Crippen molar-refractivity contribution < 1.29 is 4.74 Å². The van der Waals surface area contributed by atoms with Gasteiger partial charge < -0.3 is 9.72 Å². The Morgan fingerprint density at radius 2 is 2.33 bits per heavy atom. The zero-order valence-electron chi connectivity index (χ0n) is 8.32. The van der Waals surface area contributed by atoms with E-state index in [0.717, 1.165) is 22.2 Å². The summed E-state index contributed by atoms with van der Waals surface area (Å²) in [6.07, 6.45) is 5.12. The van der Waals surface area contributed by atoms with E-state index in [4.69, 9.17) is 10.00 Å². The van der Waals surface area contributed by atoms with Crippen LogP contribution in [0, 0.1) is 11.3 Å². The number of ether oxygens (including phenoxy) is 1. The molecule has 0 fully saturated rings. The van der Waals surface area contributed by atoms with Crippen LogP contribution in [0.5, 0.6) is 5.75 Å². The Hall–Kier alpha value is -2.21. The molecular formula is C12H10N2O. The Labute approximate surface area is 87.6 Å². The van der Waals surface area contributed by atoms with Crippen LogP contribution in [0.4, 0.5) is 0 Å². The van der Waals surface area contributed by atoms with E-state index in [9.17, 15) is 0 Å². The van der Waals surface area contributed by atoms with E-state index in [1.54, 1.807) is 13.2 Å². The highest BCUT2D eigenvalue weighted by Gasteiger charge is 2.01. The van der Waals surface area contributed by atoms with Crippen LogP contribution in [0.15, 0.2) is 30.5 Å². The van der Waals surface area contributed by atoms with Crippen LogP contribution < -0.4 is 4.74 Å². The third kappa shape index (κ3) is 1.70. The number of fused-ring (bicyclic) bond motifs is 1. The fraction of sp³-hybridized carbons (Fsp3) is 0.0833. The Bertz CT molecular complexity index is 546. The van der Waals surface area contributed by atoms with E-state index in [1.165, 1.54) is 6.08 Å². The molecule has 0 atom stereocenters. The zero-order valence-corrected chi connectivity index (χ0v) is 8.32. The Balaban J connectivity index is 2.53. The molecule has 1 aromatic heterocycles. The molecule has 0 aliphatic rings. The zero-order chi connectivity index (χ0) is 10.7. The largest absolute Gasteiger partial charge is 0.497 e. The molecule has 0 unspecified atom stereocenters. The second-order valence-electron chi connectivity index (χ2n) is 3.12. The highest BCUT2D eigenvalue weighted by Crippen LogP contribution is 2.23. The van der Waals surface area contributed by atoms with E-state index < -0.39 is 0 Å². The van der Waals surface area contributed by atoms with Crippen LogP contribution in [0.25, 0.3) is 17.0 Å². The summed E-state index contributed by atoms with van der Waals surface area (Å²) in [5.74, 6) is 0.820. The van der Waals surface area contributed by atoms with Gasteiger partial charge in [0, 0.05) is 34.8 Å². The Kier molecular flexibility index (Phi) is 2.42. The van der Waals surface area contributed by atoms with Gasteiger partial charge in [0.1, 0.15) is 5.75 Å². The summed E-state index contributed by atoms with van der Waals surface area (Å²) in [5, 5.41) is 9.54. The van der Waals surface area contributed by atoms with Gasteiger partial charge in [-0.25, -0.2) is 0 Å². The third-order valence-electron chi connectivity index (χ3n) is 2.26. The Morgan fingerprint density at radius 1 is 1.47 bits per heavy atom. The molecule has 1 aromatic carbocycles. The summed E-state index contributed by atoms with van der Waals surface area (Å²) in [7, 11) is 1.64. The number of hydrogen-bond acceptors (Lipinski definition) is 2. The van der Waals surface area contributed by atoms with Crippen LogP contribution in [-0.2, 0) is 0 Å². The molecule has 0 spiro atoms. The van der Waals surface area contributed by atoms with Gasteiger partial charge in [-0.15, -0.1) is 0 Å². The predicted octanol–water partition coefficient (Wildman–Crippen LogP) is 2.71. The monoisotopic (exact) mass is 198 g/mol. The number of nitriles is 1. The fourth-order valence-electron chi connectivity index (χ4n) is 1.52. The van der Waals surface area contributed by atoms with Gasteiger partial charge in [0.2, 0.25) is 0 Å². The van der Waals surface area contributed by atoms with Crippen LogP contribution >= 0.6 is 0 Å². The molecule has 1 N–H and O–H groups in total. The second-order valence-corrected chi connectivity index (χ2v) is 3.12. The molecule has 0 amide bonds. The van der Waals surface area contributed by atoms with Crippen molar-refractivity contribution in [1.29, 1.82) is 5.26 Å². The highest BCUT2D eigenvalue weighted by atomic mass is 16.5. The first-order chi connectivity index (χ1) is 7.35. The lowest BCUT2D eigenvalue weighted by atomic mass is 10.1. The average Bonchev–Trinajstić information content (AvgIpc) is 2.68. The van der Waals surface area contributed by atoms with Crippen molar-refractivity contribution in [3.63, 3.8) is 0 Å². The summed E-state index contributed by atoms with van der Waals surface area (Å²) in [6, 6.07) is 7.78. The molecule has 1 heterocycles. The lowest BCUT2D eigenvalue weighted by Crippen LogP contribution is -1.81. The number of allylic oxidation sites excluding steroid dienone is 1. The van der Waals surface area contributed by atoms with Crippen molar-refractivity contribution >= 4 is 17.0 Å². The molecule has 0 bridgehead atoms. The molecule has 0 aliphatic heterocycles. The van der Waals surface area contributed by atoms with Crippen LogP contribution in [0.2, 0.25) is 0 Å². The first-order valence-corrected chi connectivity index (χ1v) is 4.56. The minimum atomic E-state index is 0.820. The smallest absolute Gasteiger partial charge is 0.120 e. The minimum Gasteiger partial charge on any atom is -0.497 e. The molecule has 15 heavy (non-hydrogen) atoms. The molecule has 2 aromatic rings. The van der Waals surface area contributed by atoms with E-state index >= 15 is 0 Å². The molecule has 0 saturated carbocycles. The maximum Gasteiger partial charge on any atom is 0.120 e. The summed E-state index contributed by atoms with van der Waals surface area (Å²) >= 11 is 0. The van der Waals surface area contributed by atoms with Gasteiger partial charge >= 0.3 is 0 Å². The van der Waals surface area contributed by atoms with E-state index in [0.29, 0.717) is 0 Å². The molecule has 74 valence electrons. The van der Waals surface area contributed by atoms with Crippen LogP contribution in [0.3, 0.4) is 0 Å². The van der Waals surface area contributed by atoms with Crippen molar-refractivity contribution in [2.24, 2.45) is 0 Å². The standard InChI is InChI=1S/C12H10N2O/c1-15-10-4-5-11-9(3-2-6-13)8-14-12(11)7-10/h2-5,7-8,14H,1H3/b3-2+. The maximum atomic E-state index is 8.45. The number of aromatic nitrogens is 1. The number of nitrogens with one attached hydrogen (secondary N) is 1. The Morgan fingerprint density at radius 3 is 3.07 bits per heavy atom. The van der Waals surface area contributed by atoms with Gasteiger partial charge in [0.15, 0.2) is 0 Å². The number of hydrogen-bond donors (Lipinski definition) is 1. The van der Waals surface area contributed by atoms with Crippen molar-refractivity contribution in [1.82, 2.24) is 4.98 Å². The molecule has 0 radical (unpaired) electrons. The number of benzene rings is 1. The first kappa shape index (κ1) is 9.35. The highest BCUT2D eigenvalue weighted by molar-refractivity contribution is 5.89. The molecular weight excluding hydrogens is 188 g/mol. The molecule has 0 saturated heterocycles. The van der Waals surface area contributed by atoms with Gasteiger partial charge in [0.05, 0.1) is 13.2 Å². The van der Waals surface area contributed by atoms with Gasteiger partial charge in [-0.05, 0) is 18.2 Å². The quantitative estimate of drug-likeness (QED) is 0.754. The van der Waals surface area contributed by atoms with Gasteiger partial charge in [0.25, 0.3) is 0 Å². The summed E-state index contributed by atoms with van der Waals surface area (Å²) in [5.41, 5.74) is 2.01. The van der Waals surface area contributed by atoms with Gasteiger partial charge in [-0.3, -0.25) is 0 Å². The molecule has 2 rings (SSSR count). The van der Waals surface area contributed by atoms with Crippen molar-refractivity contribution in [2.45, 2.75) is 0 Å². The number of nitrogens with zero attached hydrogens (tertiary/aromatic N) is 1.